The lowest BCUT2D eigenvalue weighted by Crippen LogP contribution is -2.48. The molecule has 0 spiro atoms. The molecule has 2 aliphatic rings. The van der Waals surface area contributed by atoms with Crippen LogP contribution in [0.25, 0.3) is 0 Å². The van der Waals surface area contributed by atoms with Gasteiger partial charge in [-0.15, -0.1) is 24.2 Å². The van der Waals surface area contributed by atoms with Crippen LogP contribution in [0.1, 0.15) is 32.1 Å². The summed E-state index contributed by atoms with van der Waals surface area (Å²) in [6.07, 6.45) is 7.66. The highest BCUT2D eigenvalue weighted by molar-refractivity contribution is 7.98. The highest BCUT2D eigenvalue weighted by atomic mass is 35.5. The fourth-order valence-electron chi connectivity index (χ4n) is 3.92. The van der Waals surface area contributed by atoms with Gasteiger partial charge in [0.25, 0.3) is 0 Å². The third-order valence-corrected chi connectivity index (χ3v) is 5.88. The van der Waals surface area contributed by atoms with Gasteiger partial charge >= 0.3 is 0 Å². The van der Waals surface area contributed by atoms with Gasteiger partial charge < -0.3 is 11.1 Å². The molecular formula is C17H25ClN2OS. The van der Waals surface area contributed by atoms with Gasteiger partial charge in [-0.2, -0.15) is 0 Å². The molecule has 2 saturated carbocycles. The Labute approximate surface area is 143 Å². The number of nitrogens with one attached hydrogen (secondary N) is 1. The maximum atomic E-state index is 12.5. The molecule has 3 nitrogen and oxygen atoms in total. The molecule has 2 unspecified atom stereocenters. The van der Waals surface area contributed by atoms with Gasteiger partial charge in [0.2, 0.25) is 5.91 Å². The SMILES string of the molecule is CSc1ccc(NC(=O)C2CC3CCCC(C2)C3N)cc1.Cl. The average molecular weight is 341 g/mol. The lowest BCUT2D eigenvalue weighted by molar-refractivity contribution is -0.122. The fraction of sp³-hybridized carbons (Fsp3) is 0.588. The number of thioether (sulfide) groups is 1. The lowest BCUT2D eigenvalue weighted by atomic mass is 9.65. The molecule has 1 amide bonds. The number of nitrogens with two attached hydrogens (primary N) is 1. The van der Waals surface area contributed by atoms with Crippen LogP contribution in [0.3, 0.4) is 0 Å². The Morgan fingerprint density at radius 3 is 2.32 bits per heavy atom. The second-order valence-electron chi connectivity index (χ2n) is 6.41. The Balaban J connectivity index is 0.00000176. The number of fused-ring (bicyclic) bond motifs is 2. The minimum atomic E-state index is 0. The third kappa shape index (κ3) is 3.79. The van der Waals surface area contributed by atoms with Gasteiger partial charge in [-0.25, -0.2) is 0 Å². The van der Waals surface area contributed by atoms with Crippen molar-refractivity contribution in [1.29, 1.82) is 0 Å². The summed E-state index contributed by atoms with van der Waals surface area (Å²) in [5, 5.41) is 3.08. The zero-order valence-corrected chi connectivity index (χ0v) is 14.6. The molecule has 0 heterocycles. The second-order valence-corrected chi connectivity index (χ2v) is 7.29. The van der Waals surface area contributed by atoms with Crippen LogP contribution in [0.15, 0.2) is 29.2 Å². The summed E-state index contributed by atoms with van der Waals surface area (Å²) in [4.78, 5) is 13.7. The Kier molecular flexibility index (Phi) is 6.18. The number of carbonyl (C=O) groups is 1. The molecule has 5 heteroatoms. The van der Waals surface area contributed by atoms with E-state index in [4.69, 9.17) is 5.73 Å². The van der Waals surface area contributed by atoms with Crippen molar-refractivity contribution in [3.05, 3.63) is 24.3 Å². The van der Waals surface area contributed by atoms with Gasteiger partial charge in [0.15, 0.2) is 0 Å². The van der Waals surface area contributed by atoms with Gasteiger partial charge in [-0.05, 0) is 68.0 Å². The van der Waals surface area contributed by atoms with Gasteiger partial charge in [0.05, 0.1) is 0 Å². The Morgan fingerprint density at radius 1 is 1.18 bits per heavy atom. The maximum absolute atomic E-state index is 12.5. The molecule has 2 aliphatic carbocycles. The first-order chi connectivity index (χ1) is 10.2. The summed E-state index contributed by atoms with van der Waals surface area (Å²) >= 11 is 1.71. The molecule has 2 bridgehead atoms. The highest BCUT2D eigenvalue weighted by Crippen LogP contribution is 2.42. The van der Waals surface area contributed by atoms with Crippen molar-refractivity contribution < 1.29 is 4.79 Å². The van der Waals surface area contributed by atoms with Gasteiger partial charge in [-0.3, -0.25) is 4.79 Å². The highest BCUT2D eigenvalue weighted by Gasteiger charge is 2.40. The molecule has 2 fully saturated rings. The first kappa shape index (κ1) is 17.6. The minimum Gasteiger partial charge on any atom is -0.327 e. The van der Waals surface area contributed by atoms with Crippen LogP contribution < -0.4 is 11.1 Å². The zero-order chi connectivity index (χ0) is 14.8. The maximum Gasteiger partial charge on any atom is 0.227 e. The molecular weight excluding hydrogens is 316 g/mol. The van der Waals surface area contributed by atoms with Crippen LogP contribution >= 0.6 is 24.2 Å². The van der Waals surface area contributed by atoms with Crippen LogP contribution in [0.2, 0.25) is 0 Å². The standard InChI is InChI=1S/C17H24N2OS.ClH/c1-21-15-7-5-14(6-8-15)19-17(20)13-9-11-3-2-4-12(10-13)16(11)18;/h5-8,11-13,16H,2-4,9-10,18H2,1H3,(H,19,20);1H. The topological polar surface area (TPSA) is 55.1 Å². The number of benzene rings is 1. The monoisotopic (exact) mass is 340 g/mol. The lowest BCUT2D eigenvalue weighted by Gasteiger charge is -2.43. The van der Waals surface area contributed by atoms with E-state index >= 15 is 0 Å². The average Bonchev–Trinajstić information content (AvgIpc) is 2.47. The summed E-state index contributed by atoms with van der Waals surface area (Å²) < 4.78 is 0. The number of carbonyl (C=O) groups excluding carboxylic acids is 1. The summed E-state index contributed by atoms with van der Waals surface area (Å²) in [6.45, 7) is 0. The van der Waals surface area contributed by atoms with E-state index in [9.17, 15) is 4.79 Å². The summed E-state index contributed by atoms with van der Waals surface area (Å²) in [5.74, 6) is 1.41. The first-order valence-corrected chi connectivity index (χ1v) is 9.10. The quantitative estimate of drug-likeness (QED) is 0.820. The van der Waals surface area contributed by atoms with Crippen molar-refractivity contribution in [2.45, 2.75) is 43.0 Å². The summed E-state index contributed by atoms with van der Waals surface area (Å²) in [7, 11) is 0. The van der Waals surface area contributed by atoms with Crippen LogP contribution in [-0.2, 0) is 4.79 Å². The summed E-state index contributed by atoms with van der Waals surface area (Å²) in [6, 6.07) is 8.39. The van der Waals surface area contributed by atoms with E-state index in [0.717, 1.165) is 18.5 Å². The molecule has 122 valence electrons. The molecule has 1 aromatic carbocycles. The van der Waals surface area contributed by atoms with Crippen LogP contribution in [-0.4, -0.2) is 18.2 Å². The van der Waals surface area contributed by atoms with E-state index in [0.29, 0.717) is 17.9 Å². The van der Waals surface area contributed by atoms with E-state index < -0.39 is 0 Å². The van der Waals surface area contributed by atoms with Crippen molar-refractivity contribution in [3.8, 4) is 0 Å². The molecule has 22 heavy (non-hydrogen) atoms. The van der Waals surface area contributed by atoms with Crippen molar-refractivity contribution in [2.75, 3.05) is 11.6 Å². The fourth-order valence-corrected chi connectivity index (χ4v) is 4.33. The number of hydrogen-bond acceptors (Lipinski definition) is 3. The van der Waals surface area contributed by atoms with Gasteiger partial charge in [0.1, 0.15) is 0 Å². The van der Waals surface area contributed by atoms with Crippen molar-refractivity contribution >= 4 is 35.8 Å². The third-order valence-electron chi connectivity index (χ3n) is 5.14. The smallest absolute Gasteiger partial charge is 0.227 e. The van der Waals surface area contributed by atoms with Crippen molar-refractivity contribution in [3.63, 3.8) is 0 Å². The van der Waals surface area contributed by atoms with E-state index in [1.54, 1.807) is 11.8 Å². The number of rotatable bonds is 3. The predicted molar refractivity (Wildman–Crippen MR) is 95.6 cm³/mol. The van der Waals surface area contributed by atoms with E-state index in [1.807, 2.05) is 24.3 Å². The summed E-state index contributed by atoms with van der Waals surface area (Å²) in [5.41, 5.74) is 7.20. The van der Waals surface area contributed by atoms with Crippen LogP contribution in [0.4, 0.5) is 5.69 Å². The zero-order valence-electron chi connectivity index (χ0n) is 13.0. The molecule has 0 aliphatic heterocycles. The predicted octanol–water partition coefficient (Wildman–Crippen LogP) is 3.92. The Bertz CT molecular complexity index is 494. The van der Waals surface area contributed by atoms with Crippen LogP contribution in [0, 0.1) is 17.8 Å². The van der Waals surface area contributed by atoms with Crippen LogP contribution in [0.5, 0.6) is 0 Å². The number of hydrogen-bond donors (Lipinski definition) is 2. The molecule has 3 rings (SSSR count). The van der Waals surface area contributed by atoms with Gasteiger partial charge in [-0.1, -0.05) is 6.42 Å². The largest absolute Gasteiger partial charge is 0.327 e. The van der Waals surface area contributed by atoms with Crippen molar-refractivity contribution in [1.82, 2.24) is 0 Å². The number of amides is 1. The van der Waals surface area contributed by atoms with Crippen molar-refractivity contribution in [2.24, 2.45) is 23.5 Å². The molecule has 1 aromatic rings. The second kappa shape index (κ2) is 7.71. The minimum absolute atomic E-state index is 0. The van der Waals surface area contributed by atoms with E-state index in [-0.39, 0.29) is 24.2 Å². The number of anilines is 1. The first-order valence-electron chi connectivity index (χ1n) is 7.88. The van der Waals surface area contributed by atoms with Gasteiger partial charge in [0, 0.05) is 22.5 Å². The molecule has 0 saturated heterocycles. The number of halogens is 1. The normalized spacial score (nSPS) is 30.3. The molecule has 0 aromatic heterocycles. The Hall–Kier alpha value is -0.710. The molecule has 0 radical (unpaired) electrons. The van der Waals surface area contributed by atoms with E-state index in [1.165, 1.54) is 24.2 Å². The molecule has 2 atom stereocenters. The van der Waals surface area contributed by atoms with E-state index in [2.05, 4.69) is 11.6 Å². The Morgan fingerprint density at radius 2 is 1.77 bits per heavy atom. The molecule has 3 N–H and O–H groups in total.